The number of nitrogens with zero attached hydrogens (tertiary/aromatic N) is 2. The van der Waals surface area contributed by atoms with Gasteiger partial charge in [0.15, 0.2) is 5.15 Å². The summed E-state index contributed by atoms with van der Waals surface area (Å²) in [6.45, 7) is 6.39. The smallest absolute Gasteiger partial charge is 0.421 e. The Balaban J connectivity index is 1.66. The number of imidazole rings is 1. The molecule has 8 nitrogen and oxygen atoms in total. The average molecular weight is 554 g/mol. The van der Waals surface area contributed by atoms with Crippen LogP contribution in [-0.2, 0) is 27.9 Å². The molecule has 1 amide bonds. The van der Waals surface area contributed by atoms with E-state index in [1.807, 2.05) is 23.8 Å². The van der Waals surface area contributed by atoms with Crippen molar-refractivity contribution >= 4 is 39.3 Å². The van der Waals surface area contributed by atoms with Gasteiger partial charge in [-0.1, -0.05) is 66.7 Å². The van der Waals surface area contributed by atoms with Gasteiger partial charge in [-0.05, 0) is 50.1 Å². The molecule has 0 saturated heterocycles. The van der Waals surface area contributed by atoms with Crippen molar-refractivity contribution in [2.45, 2.75) is 58.1 Å². The SMILES string of the molecule is CCCCCOc1ccc(Cn2c(C)nc(Cl)c2COC(=O)NS(=O)(=O)c2ccc(C)cc2)c(Cl)c1. The number of aromatic nitrogens is 2. The molecule has 36 heavy (non-hydrogen) atoms. The van der Waals surface area contributed by atoms with Crippen molar-refractivity contribution in [3.8, 4) is 5.75 Å². The first-order chi connectivity index (χ1) is 17.1. The van der Waals surface area contributed by atoms with Crippen molar-refractivity contribution in [3.63, 3.8) is 0 Å². The second-order valence-corrected chi connectivity index (χ2v) is 10.7. The number of amides is 1. The first-order valence-electron chi connectivity index (χ1n) is 11.5. The molecule has 0 aliphatic rings. The number of nitrogens with one attached hydrogen (secondary N) is 1. The minimum absolute atomic E-state index is 0.0450. The van der Waals surface area contributed by atoms with E-state index < -0.39 is 16.1 Å². The zero-order chi connectivity index (χ0) is 26.3. The summed E-state index contributed by atoms with van der Waals surface area (Å²) in [5, 5.41) is 0.662. The first kappa shape index (κ1) is 27.8. The molecule has 0 spiro atoms. The fourth-order valence-corrected chi connectivity index (χ4v) is 4.83. The number of hydrogen-bond acceptors (Lipinski definition) is 6. The van der Waals surface area contributed by atoms with E-state index in [0.29, 0.717) is 35.4 Å². The van der Waals surface area contributed by atoms with E-state index in [9.17, 15) is 13.2 Å². The maximum Gasteiger partial charge on any atom is 0.421 e. The zero-order valence-electron chi connectivity index (χ0n) is 20.4. The maximum atomic E-state index is 12.4. The first-order valence-corrected chi connectivity index (χ1v) is 13.7. The Hall–Kier alpha value is -2.75. The lowest BCUT2D eigenvalue weighted by Crippen LogP contribution is -2.31. The van der Waals surface area contributed by atoms with Gasteiger partial charge < -0.3 is 14.0 Å². The Kier molecular flexibility index (Phi) is 9.64. The van der Waals surface area contributed by atoms with Gasteiger partial charge in [0.1, 0.15) is 18.2 Å². The van der Waals surface area contributed by atoms with Gasteiger partial charge >= 0.3 is 6.09 Å². The van der Waals surface area contributed by atoms with Crippen LogP contribution in [0.4, 0.5) is 4.79 Å². The van der Waals surface area contributed by atoms with Crippen LogP contribution < -0.4 is 9.46 Å². The fourth-order valence-electron chi connectivity index (χ4n) is 3.43. The minimum atomic E-state index is -4.07. The van der Waals surface area contributed by atoms with Gasteiger partial charge in [0.05, 0.1) is 23.7 Å². The highest BCUT2D eigenvalue weighted by Gasteiger charge is 2.21. The summed E-state index contributed by atoms with van der Waals surface area (Å²) in [7, 11) is -4.07. The third-order valence-electron chi connectivity index (χ3n) is 5.47. The van der Waals surface area contributed by atoms with Gasteiger partial charge in [-0.3, -0.25) is 0 Å². The lowest BCUT2D eigenvalue weighted by atomic mass is 10.2. The minimum Gasteiger partial charge on any atom is -0.494 e. The zero-order valence-corrected chi connectivity index (χ0v) is 22.7. The van der Waals surface area contributed by atoms with E-state index in [1.165, 1.54) is 12.1 Å². The molecule has 0 bridgehead atoms. The summed E-state index contributed by atoms with van der Waals surface area (Å²) in [6, 6.07) is 11.6. The van der Waals surface area contributed by atoms with Gasteiger partial charge in [0, 0.05) is 5.02 Å². The van der Waals surface area contributed by atoms with Crippen LogP contribution in [0.2, 0.25) is 10.2 Å². The van der Waals surface area contributed by atoms with E-state index in [1.54, 1.807) is 29.7 Å². The number of unbranched alkanes of at least 4 members (excludes halogenated alkanes) is 2. The molecule has 2 aromatic carbocycles. The average Bonchev–Trinajstić information content (AvgIpc) is 3.08. The largest absolute Gasteiger partial charge is 0.494 e. The van der Waals surface area contributed by atoms with Crippen LogP contribution in [-0.4, -0.2) is 30.7 Å². The summed E-state index contributed by atoms with van der Waals surface area (Å²) in [5.74, 6) is 1.28. The van der Waals surface area contributed by atoms with Gasteiger partial charge in [-0.2, -0.15) is 0 Å². The van der Waals surface area contributed by atoms with E-state index in [0.717, 1.165) is 30.4 Å². The van der Waals surface area contributed by atoms with Gasteiger partial charge in [-0.25, -0.2) is 22.9 Å². The molecular formula is C25H29Cl2N3O5S. The number of halogens is 2. The van der Waals surface area contributed by atoms with Crippen molar-refractivity contribution < 1.29 is 22.7 Å². The Morgan fingerprint density at radius 1 is 1.08 bits per heavy atom. The molecule has 0 aliphatic carbocycles. The highest BCUT2D eigenvalue weighted by Crippen LogP contribution is 2.26. The molecule has 1 aromatic heterocycles. The standard InChI is InChI=1S/C25H29Cl2N3O5S/c1-4-5-6-13-34-20-10-9-19(22(26)14-20)15-30-18(3)28-24(27)23(30)16-35-25(31)29-36(32,33)21-11-7-17(2)8-12-21/h7-12,14H,4-6,13,15-16H2,1-3H3,(H,29,31). The maximum absolute atomic E-state index is 12.4. The number of sulfonamides is 1. The number of aryl methyl sites for hydroxylation is 2. The van der Waals surface area contributed by atoms with Gasteiger partial charge in [-0.15, -0.1) is 0 Å². The van der Waals surface area contributed by atoms with E-state index >= 15 is 0 Å². The number of carbonyl (C=O) groups is 1. The van der Waals surface area contributed by atoms with Crippen molar-refractivity contribution in [1.82, 2.24) is 14.3 Å². The molecule has 11 heteroatoms. The van der Waals surface area contributed by atoms with E-state index in [4.69, 9.17) is 32.7 Å². The monoisotopic (exact) mass is 553 g/mol. The summed E-state index contributed by atoms with van der Waals surface area (Å²) in [4.78, 5) is 16.5. The van der Waals surface area contributed by atoms with Crippen molar-refractivity contribution in [3.05, 3.63) is 75.3 Å². The lowest BCUT2D eigenvalue weighted by Gasteiger charge is -2.14. The Bertz CT molecular complexity index is 1310. The van der Waals surface area contributed by atoms with Crippen LogP contribution in [0.1, 0.15) is 48.8 Å². The van der Waals surface area contributed by atoms with E-state index in [2.05, 4.69) is 11.9 Å². The van der Waals surface area contributed by atoms with Crippen LogP contribution in [0.3, 0.4) is 0 Å². The molecule has 0 unspecified atom stereocenters. The van der Waals surface area contributed by atoms with Crippen molar-refractivity contribution in [2.24, 2.45) is 0 Å². The molecule has 1 N–H and O–H groups in total. The van der Waals surface area contributed by atoms with Crippen LogP contribution in [0.25, 0.3) is 0 Å². The second kappa shape index (κ2) is 12.5. The predicted octanol–water partition coefficient (Wildman–Crippen LogP) is 6.04. The lowest BCUT2D eigenvalue weighted by molar-refractivity contribution is 0.143. The Labute approximate surface area is 221 Å². The van der Waals surface area contributed by atoms with Crippen LogP contribution in [0.15, 0.2) is 47.4 Å². The molecule has 0 saturated carbocycles. The summed E-state index contributed by atoms with van der Waals surface area (Å²) < 4.78 is 39.4. The third-order valence-corrected chi connectivity index (χ3v) is 7.46. The molecule has 0 fully saturated rings. The highest BCUT2D eigenvalue weighted by molar-refractivity contribution is 7.90. The van der Waals surface area contributed by atoms with Gasteiger partial charge in [0.25, 0.3) is 10.0 Å². The molecular weight excluding hydrogens is 525 g/mol. The number of ether oxygens (including phenoxy) is 2. The molecule has 194 valence electrons. The third kappa shape index (κ3) is 7.38. The number of benzene rings is 2. The number of hydrogen-bond donors (Lipinski definition) is 1. The summed E-state index contributed by atoms with van der Waals surface area (Å²) in [5.41, 5.74) is 2.10. The molecule has 3 rings (SSSR count). The Morgan fingerprint density at radius 2 is 1.81 bits per heavy atom. The summed E-state index contributed by atoms with van der Waals surface area (Å²) >= 11 is 12.8. The highest BCUT2D eigenvalue weighted by atomic mass is 35.5. The number of carbonyl (C=O) groups excluding carboxylic acids is 1. The van der Waals surface area contributed by atoms with E-state index in [-0.39, 0.29) is 16.7 Å². The normalized spacial score (nSPS) is 11.4. The predicted molar refractivity (Wildman–Crippen MR) is 139 cm³/mol. The second-order valence-electron chi connectivity index (χ2n) is 8.29. The van der Waals surface area contributed by atoms with Crippen LogP contribution >= 0.6 is 23.2 Å². The topological polar surface area (TPSA) is 99.5 Å². The van der Waals surface area contributed by atoms with Crippen molar-refractivity contribution in [2.75, 3.05) is 6.61 Å². The number of rotatable bonds is 11. The molecule has 0 atom stereocenters. The van der Waals surface area contributed by atoms with Crippen LogP contribution in [0.5, 0.6) is 5.75 Å². The fraction of sp³-hybridized carbons (Fsp3) is 0.360. The quantitative estimate of drug-likeness (QED) is 0.290. The summed E-state index contributed by atoms with van der Waals surface area (Å²) in [6.07, 6.45) is 2.07. The molecule has 0 aliphatic heterocycles. The van der Waals surface area contributed by atoms with Crippen molar-refractivity contribution in [1.29, 1.82) is 0 Å². The van der Waals surface area contributed by atoms with Gasteiger partial charge in [0.2, 0.25) is 0 Å². The Morgan fingerprint density at radius 3 is 2.47 bits per heavy atom. The molecule has 0 radical (unpaired) electrons. The van der Waals surface area contributed by atoms with Crippen LogP contribution in [0, 0.1) is 13.8 Å². The molecule has 3 aromatic rings. The molecule has 1 heterocycles.